The van der Waals surface area contributed by atoms with Crippen molar-refractivity contribution >= 4 is 45.8 Å². The van der Waals surface area contributed by atoms with E-state index in [1.165, 1.54) is 0 Å². The second-order valence-electron chi connectivity index (χ2n) is 8.36. The summed E-state index contributed by atoms with van der Waals surface area (Å²) >= 11 is 0. The Kier molecular flexibility index (Phi) is 9.90. The van der Waals surface area contributed by atoms with Gasteiger partial charge < -0.3 is 29.9 Å². The third-order valence-corrected chi connectivity index (χ3v) is 5.55. The first kappa shape index (κ1) is 31.6. The van der Waals surface area contributed by atoms with E-state index in [-0.39, 0.29) is 5.91 Å². The minimum atomic E-state index is -5.19. The number of alkyl halides is 6. The molecule has 3 N–H and O–H groups in total. The van der Waals surface area contributed by atoms with Crippen LogP contribution in [0, 0.1) is 0 Å². The molecule has 11 nitrogen and oxygen atoms in total. The first-order valence-electron chi connectivity index (χ1n) is 11.8. The van der Waals surface area contributed by atoms with Gasteiger partial charge in [-0.05, 0) is 24.3 Å². The molecular formula is C25H21F6N5O6. The molecule has 0 saturated carbocycles. The number of aromatic amines is 2. The highest BCUT2D eigenvalue weighted by atomic mass is 19.4. The summed E-state index contributed by atoms with van der Waals surface area (Å²) in [7, 11) is 0. The number of ether oxygens (including phenoxy) is 1. The summed E-state index contributed by atoms with van der Waals surface area (Å²) in [5.74, 6) is -5.28. The lowest BCUT2D eigenvalue weighted by molar-refractivity contribution is -0.497. The summed E-state index contributed by atoms with van der Waals surface area (Å²) < 4.78 is 70.6. The monoisotopic (exact) mass is 601 g/mol. The summed E-state index contributed by atoms with van der Waals surface area (Å²) in [5.41, 5.74) is 2.17. The van der Waals surface area contributed by atoms with Crippen LogP contribution >= 0.6 is 0 Å². The minimum absolute atomic E-state index is 0.163. The number of fused-ring (bicyclic) bond motifs is 2. The number of anilines is 2. The molecule has 1 aliphatic rings. The van der Waals surface area contributed by atoms with Crippen molar-refractivity contribution in [2.45, 2.75) is 12.4 Å². The molecule has 0 radical (unpaired) electrons. The van der Waals surface area contributed by atoms with Crippen LogP contribution in [0.15, 0.2) is 61.1 Å². The van der Waals surface area contributed by atoms with E-state index in [1.54, 1.807) is 0 Å². The van der Waals surface area contributed by atoms with E-state index in [4.69, 9.17) is 24.5 Å². The number of nitrogens with zero attached hydrogens (tertiary/aromatic N) is 2. The lowest BCUT2D eigenvalue weighted by Gasteiger charge is -2.21. The molecule has 224 valence electrons. The van der Waals surface area contributed by atoms with Crippen LogP contribution in [0.4, 0.5) is 38.0 Å². The highest BCUT2D eigenvalue weighted by Gasteiger charge is 2.30. The summed E-state index contributed by atoms with van der Waals surface area (Å²) in [4.78, 5) is 39.4. The number of hydrogen-bond acceptors (Lipinski definition) is 7. The molecule has 4 aromatic rings. The molecule has 1 saturated heterocycles. The van der Waals surface area contributed by atoms with E-state index in [0.717, 1.165) is 41.0 Å². The zero-order chi connectivity index (χ0) is 31.1. The van der Waals surface area contributed by atoms with Crippen molar-refractivity contribution in [1.82, 2.24) is 4.98 Å². The Morgan fingerprint density at radius 2 is 1.55 bits per heavy atom. The zero-order valence-corrected chi connectivity index (χ0v) is 21.2. The first-order chi connectivity index (χ1) is 19.7. The number of carboxylic acids is 2. The molecule has 1 aliphatic heterocycles. The summed E-state index contributed by atoms with van der Waals surface area (Å²) in [6, 6.07) is 13.7. The number of halogens is 6. The Balaban J connectivity index is 0.000000289. The fourth-order valence-electron chi connectivity index (χ4n) is 3.71. The number of aromatic nitrogens is 3. The number of morpholine rings is 1. The third-order valence-electron chi connectivity index (χ3n) is 5.55. The molecule has 0 bridgehead atoms. The lowest BCUT2D eigenvalue weighted by Crippen LogP contribution is -2.41. The number of carbonyl (C=O) groups excluding carboxylic acids is 3. The highest BCUT2D eigenvalue weighted by molar-refractivity contribution is 6.10. The van der Waals surface area contributed by atoms with Crippen LogP contribution in [0.1, 0.15) is 10.5 Å². The van der Waals surface area contributed by atoms with Gasteiger partial charge in [-0.2, -0.15) is 26.3 Å². The van der Waals surface area contributed by atoms with Crippen LogP contribution in [-0.2, 0) is 14.3 Å². The zero-order valence-electron chi connectivity index (χ0n) is 21.2. The quantitative estimate of drug-likeness (QED) is 0.255. The second-order valence-corrected chi connectivity index (χ2v) is 8.36. The van der Waals surface area contributed by atoms with Gasteiger partial charge in [-0.3, -0.25) is 9.69 Å². The Labute approximate surface area is 232 Å². The standard InChI is InChI=1S/C21H19N5O2.2C2HF3O2/c27-20(23-17-5-3-4-15-14-22-8-7-16(15)17)19-18-6-1-2-9-26(18)21(24-19)25-10-12-28-13-11-25;2*3-2(4,5)1(6)7/h1-9,14H,10-13H2,(H,23,27);2*(H,6,7). The molecule has 1 amide bonds. The fourth-order valence-corrected chi connectivity index (χ4v) is 3.71. The Bertz CT molecular complexity index is 1540. The molecule has 4 heterocycles. The maximum Gasteiger partial charge on any atom is 0.430 e. The van der Waals surface area contributed by atoms with Gasteiger partial charge in [0.05, 0.1) is 32.5 Å². The molecule has 3 aromatic heterocycles. The number of carbonyl (C=O) groups is 3. The first-order valence-corrected chi connectivity index (χ1v) is 11.8. The van der Waals surface area contributed by atoms with Gasteiger partial charge in [-0.15, -0.1) is 0 Å². The normalized spacial score (nSPS) is 13.4. The predicted octanol–water partition coefficient (Wildman–Crippen LogP) is 0.407. The number of nitrogens with one attached hydrogen (secondary N) is 3. The van der Waals surface area contributed by atoms with E-state index >= 15 is 0 Å². The van der Waals surface area contributed by atoms with Gasteiger partial charge in [0.2, 0.25) is 5.69 Å². The molecule has 0 atom stereocenters. The molecule has 0 unspecified atom stereocenters. The van der Waals surface area contributed by atoms with Crippen molar-refractivity contribution in [3.05, 3.63) is 66.7 Å². The van der Waals surface area contributed by atoms with Gasteiger partial charge in [0.1, 0.15) is 11.9 Å². The minimum Gasteiger partial charge on any atom is -0.542 e. The van der Waals surface area contributed by atoms with Gasteiger partial charge in [0.15, 0.2) is 17.9 Å². The number of H-pyrrole nitrogens is 2. The number of rotatable bonds is 3. The fraction of sp³-hybridized carbons (Fsp3) is 0.240. The highest BCUT2D eigenvalue weighted by Crippen LogP contribution is 2.23. The smallest absolute Gasteiger partial charge is 0.430 e. The summed E-state index contributed by atoms with van der Waals surface area (Å²) in [6.45, 7) is 2.95. The topological polar surface area (TPSA) is 156 Å². The molecule has 5 rings (SSSR count). The number of carboxylic acid groups (broad SMARTS) is 2. The molecule has 1 aromatic carbocycles. The van der Waals surface area contributed by atoms with Crippen LogP contribution in [-0.4, -0.2) is 61.5 Å². The van der Waals surface area contributed by atoms with Crippen LogP contribution < -0.4 is 29.8 Å². The molecule has 17 heteroatoms. The van der Waals surface area contributed by atoms with Crippen molar-refractivity contribution in [3.8, 4) is 0 Å². The van der Waals surface area contributed by atoms with E-state index in [1.807, 2.05) is 65.5 Å². The summed E-state index contributed by atoms with van der Waals surface area (Å²) in [6.07, 6.45) is -4.64. The van der Waals surface area contributed by atoms with E-state index < -0.39 is 24.3 Å². The number of aliphatic carboxylic acids is 2. The van der Waals surface area contributed by atoms with Gasteiger partial charge in [0.25, 0.3) is 5.91 Å². The Hall–Kier alpha value is -4.93. The Morgan fingerprint density at radius 3 is 2.14 bits per heavy atom. The van der Waals surface area contributed by atoms with Crippen LogP contribution in [0.2, 0.25) is 0 Å². The van der Waals surface area contributed by atoms with Crippen molar-refractivity contribution < 1.29 is 65.1 Å². The maximum atomic E-state index is 13.2. The lowest BCUT2D eigenvalue weighted by atomic mass is 10.1. The average molecular weight is 601 g/mol. The number of hydrogen-bond donors (Lipinski definition) is 2. The van der Waals surface area contributed by atoms with Gasteiger partial charge >= 0.3 is 18.3 Å². The van der Waals surface area contributed by atoms with E-state index in [0.29, 0.717) is 18.9 Å². The van der Waals surface area contributed by atoms with Crippen LogP contribution in [0.3, 0.4) is 0 Å². The van der Waals surface area contributed by atoms with Gasteiger partial charge in [0, 0.05) is 22.5 Å². The molecular weight excluding hydrogens is 580 g/mol. The average Bonchev–Trinajstić information content (AvgIpc) is 3.33. The number of pyridine rings is 2. The number of benzene rings is 1. The van der Waals surface area contributed by atoms with Crippen molar-refractivity contribution in [3.63, 3.8) is 0 Å². The predicted molar refractivity (Wildman–Crippen MR) is 128 cm³/mol. The van der Waals surface area contributed by atoms with Crippen molar-refractivity contribution in [2.24, 2.45) is 0 Å². The molecule has 1 fully saturated rings. The van der Waals surface area contributed by atoms with E-state index in [2.05, 4.69) is 20.2 Å². The molecule has 0 spiro atoms. The van der Waals surface area contributed by atoms with Crippen LogP contribution in [0.25, 0.3) is 16.3 Å². The number of amides is 1. The number of imidazole rings is 1. The summed E-state index contributed by atoms with van der Waals surface area (Å²) in [5, 5.41) is 22.7. The molecule has 42 heavy (non-hydrogen) atoms. The van der Waals surface area contributed by atoms with Crippen molar-refractivity contribution in [1.29, 1.82) is 0 Å². The van der Waals surface area contributed by atoms with Gasteiger partial charge in [-0.1, -0.05) is 12.1 Å². The second kappa shape index (κ2) is 13.2. The molecule has 0 aliphatic carbocycles. The maximum absolute atomic E-state index is 13.2. The Morgan fingerprint density at radius 1 is 0.929 bits per heavy atom. The van der Waals surface area contributed by atoms with Gasteiger partial charge in [-0.25, -0.2) is 14.4 Å². The van der Waals surface area contributed by atoms with Crippen LogP contribution in [0.5, 0.6) is 0 Å². The van der Waals surface area contributed by atoms with Crippen molar-refractivity contribution in [2.75, 3.05) is 36.5 Å². The largest absolute Gasteiger partial charge is 0.542 e. The third kappa shape index (κ3) is 8.06. The SMILES string of the molecule is O=C(Nc1cccc2c[nH+]ccc12)c1[nH]c(N2CCOCC2)[n+]2ccccc12.O=C([O-])C(F)(F)F.O=C([O-])C(F)(F)F. The van der Waals surface area contributed by atoms with E-state index in [9.17, 15) is 31.1 Å².